The molecule has 0 atom stereocenters. The van der Waals surface area contributed by atoms with Gasteiger partial charge in [-0.1, -0.05) is 11.8 Å². The largest absolute Gasteiger partial charge is 0.267 e. The number of nitrogens with zero attached hydrogens (tertiary/aromatic N) is 1. The van der Waals surface area contributed by atoms with Gasteiger partial charge in [-0.3, -0.25) is 5.32 Å². The second-order valence-corrected chi connectivity index (χ2v) is 2.22. The third kappa shape index (κ3) is 0.981. The monoisotopic (exact) mass is 114 g/mol. The average molecular weight is 114 g/mol. The minimum Gasteiger partial charge on any atom is -0.267 e. The zero-order chi connectivity index (χ0) is 5.11. The van der Waals surface area contributed by atoms with Crippen LogP contribution in [0.1, 0.15) is 0 Å². The van der Waals surface area contributed by atoms with Crippen LogP contribution in [0, 0.1) is 0 Å². The molecule has 0 aromatic rings. The lowest BCUT2D eigenvalue weighted by Gasteiger charge is -1.77. The Bertz CT molecular complexity index is 109. The number of carbonyl (C=O) groups excluding carboxylic acids is 1. The van der Waals surface area contributed by atoms with Crippen LogP contribution in [0.5, 0.6) is 0 Å². The lowest BCUT2D eigenvalue weighted by atomic mass is 10.7. The van der Waals surface area contributed by atoms with Crippen LogP contribution in [0.25, 0.3) is 0 Å². The molecule has 1 rings (SSSR count). The SMILES string of the molecule is O=C=C1[N]CCS1. The van der Waals surface area contributed by atoms with Crippen LogP contribution in [-0.2, 0) is 4.79 Å². The first-order chi connectivity index (χ1) is 3.43. The Kier molecular flexibility index (Phi) is 1.39. The Hall–Kier alpha value is -0.400. The molecule has 7 heavy (non-hydrogen) atoms. The number of thioether (sulfide) groups is 1. The normalized spacial score (nSPS) is 18.6. The standard InChI is InChI=1S/C4H4NOS/c6-3-4-5-1-2-7-4/h1-2H2. The Labute approximate surface area is 46.0 Å². The molecule has 1 saturated heterocycles. The molecule has 1 radical (unpaired) electrons. The predicted molar refractivity (Wildman–Crippen MR) is 28.7 cm³/mol. The quantitative estimate of drug-likeness (QED) is 0.415. The highest BCUT2D eigenvalue weighted by atomic mass is 32.2. The van der Waals surface area contributed by atoms with E-state index in [-0.39, 0.29) is 0 Å². The van der Waals surface area contributed by atoms with Crippen molar-refractivity contribution in [3.05, 3.63) is 5.03 Å². The Morgan fingerprint density at radius 3 is 3.00 bits per heavy atom. The lowest BCUT2D eigenvalue weighted by Crippen LogP contribution is -1.93. The lowest BCUT2D eigenvalue weighted by molar-refractivity contribution is 0.567. The molecule has 1 aliphatic heterocycles. The topological polar surface area (TPSA) is 31.2 Å². The van der Waals surface area contributed by atoms with Crippen molar-refractivity contribution in [3.63, 3.8) is 0 Å². The van der Waals surface area contributed by atoms with Crippen molar-refractivity contribution in [2.45, 2.75) is 0 Å². The summed E-state index contributed by atoms with van der Waals surface area (Å²) in [5.41, 5.74) is 0. The molecule has 0 saturated carbocycles. The molecule has 0 spiro atoms. The van der Waals surface area contributed by atoms with Crippen LogP contribution >= 0.6 is 11.8 Å². The molecule has 1 fully saturated rings. The maximum Gasteiger partial charge on any atom is 0.175 e. The van der Waals surface area contributed by atoms with Crippen LogP contribution in [0.2, 0.25) is 0 Å². The van der Waals surface area contributed by atoms with Gasteiger partial charge in [0.25, 0.3) is 0 Å². The summed E-state index contributed by atoms with van der Waals surface area (Å²) in [6.07, 6.45) is 0. The fourth-order valence-corrected chi connectivity index (χ4v) is 1.01. The van der Waals surface area contributed by atoms with Crippen LogP contribution in [0.3, 0.4) is 0 Å². The molecule has 0 aromatic heterocycles. The van der Waals surface area contributed by atoms with E-state index in [1.54, 1.807) is 5.94 Å². The first kappa shape index (κ1) is 4.75. The van der Waals surface area contributed by atoms with Gasteiger partial charge in [-0.25, -0.2) is 4.79 Å². The van der Waals surface area contributed by atoms with E-state index in [1.807, 2.05) is 0 Å². The molecule has 1 heterocycles. The molecule has 37 valence electrons. The maximum absolute atomic E-state index is 9.73. The summed E-state index contributed by atoms with van der Waals surface area (Å²) in [6.45, 7) is 0.787. The molecule has 0 aliphatic carbocycles. The van der Waals surface area contributed by atoms with E-state index in [2.05, 4.69) is 5.32 Å². The molecule has 0 aromatic carbocycles. The molecule has 0 amide bonds. The minimum absolute atomic E-state index is 0.528. The molecule has 0 N–H and O–H groups in total. The second-order valence-electron chi connectivity index (χ2n) is 1.14. The van der Waals surface area contributed by atoms with Gasteiger partial charge in [-0.15, -0.1) is 0 Å². The van der Waals surface area contributed by atoms with Crippen molar-refractivity contribution in [3.8, 4) is 0 Å². The zero-order valence-corrected chi connectivity index (χ0v) is 4.49. The molecule has 3 heteroatoms. The van der Waals surface area contributed by atoms with Gasteiger partial charge in [-0.2, -0.15) is 0 Å². The number of hydrogen-bond acceptors (Lipinski definition) is 2. The van der Waals surface area contributed by atoms with E-state index in [4.69, 9.17) is 0 Å². The third-order valence-corrected chi connectivity index (χ3v) is 1.55. The molecule has 0 unspecified atom stereocenters. The summed E-state index contributed by atoms with van der Waals surface area (Å²) in [5.74, 6) is 2.68. The Morgan fingerprint density at radius 2 is 2.71 bits per heavy atom. The van der Waals surface area contributed by atoms with Crippen LogP contribution in [0.15, 0.2) is 5.03 Å². The van der Waals surface area contributed by atoms with Gasteiger partial charge in [0.15, 0.2) is 11.0 Å². The van der Waals surface area contributed by atoms with Crippen molar-refractivity contribution in [2.75, 3.05) is 12.3 Å². The van der Waals surface area contributed by atoms with Gasteiger partial charge in [0.05, 0.1) is 6.54 Å². The summed E-state index contributed by atoms with van der Waals surface area (Å²) in [5, 5.41) is 4.34. The van der Waals surface area contributed by atoms with Crippen LogP contribution in [0.4, 0.5) is 0 Å². The first-order valence-electron chi connectivity index (χ1n) is 1.99. The highest BCUT2D eigenvalue weighted by Gasteiger charge is 2.06. The van der Waals surface area contributed by atoms with E-state index >= 15 is 0 Å². The summed E-state index contributed by atoms with van der Waals surface area (Å²) in [4.78, 5) is 9.73. The maximum atomic E-state index is 9.73. The van der Waals surface area contributed by atoms with E-state index in [1.165, 1.54) is 11.8 Å². The molecular formula is C4H4NOS. The molecular weight excluding hydrogens is 110 g/mol. The Balaban J connectivity index is 2.57. The minimum atomic E-state index is 0.528. The van der Waals surface area contributed by atoms with Crippen molar-refractivity contribution in [2.24, 2.45) is 0 Å². The molecule has 1 aliphatic rings. The van der Waals surface area contributed by atoms with Crippen molar-refractivity contribution in [1.29, 1.82) is 0 Å². The van der Waals surface area contributed by atoms with Crippen molar-refractivity contribution >= 4 is 17.7 Å². The summed E-state index contributed by atoms with van der Waals surface area (Å²) < 4.78 is 0. The average Bonchev–Trinajstić information content (AvgIpc) is 2.14. The van der Waals surface area contributed by atoms with Gasteiger partial charge < -0.3 is 0 Å². The third-order valence-electron chi connectivity index (χ3n) is 0.673. The summed E-state index contributed by atoms with van der Waals surface area (Å²) in [6, 6.07) is 0. The molecule has 2 nitrogen and oxygen atoms in total. The second kappa shape index (κ2) is 2.05. The van der Waals surface area contributed by atoms with E-state index < -0.39 is 0 Å². The fourth-order valence-electron chi connectivity index (χ4n) is 0.397. The number of rotatable bonds is 0. The van der Waals surface area contributed by atoms with Gasteiger partial charge in [0.2, 0.25) is 0 Å². The summed E-state index contributed by atoms with van der Waals surface area (Å²) in [7, 11) is 0. The van der Waals surface area contributed by atoms with Crippen LogP contribution < -0.4 is 5.32 Å². The zero-order valence-electron chi connectivity index (χ0n) is 3.68. The Morgan fingerprint density at radius 1 is 1.86 bits per heavy atom. The van der Waals surface area contributed by atoms with E-state index in [0.29, 0.717) is 5.03 Å². The number of hydrogen-bond donors (Lipinski definition) is 0. The predicted octanol–water partition coefficient (Wildman–Crippen LogP) is 0.0106. The van der Waals surface area contributed by atoms with E-state index in [0.717, 1.165) is 12.3 Å². The highest BCUT2D eigenvalue weighted by molar-refractivity contribution is 8.03. The smallest absolute Gasteiger partial charge is 0.175 e. The van der Waals surface area contributed by atoms with Gasteiger partial charge in [0, 0.05) is 5.75 Å². The summed E-state index contributed by atoms with van der Waals surface area (Å²) >= 11 is 1.47. The van der Waals surface area contributed by atoms with Gasteiger partial charge >= 0.3 is 0 Å². The van der Waals surface area contributed by atoms with Gasteiger partial charge in [0.1, 0.15) is 0 Å². The first-order valence-corrected chi connectivity index (χ1v) is 2.97. The fraction of sp³-hybridized carbons (Fsp3) is 0.500. The van der Waals surface area contributed by atoms with E-state index in [9.17, 15) is 4.79 Å². The molecule has 0 bridgehead atoms. The van der Waals surface area contributed by atoms with Gasteiger partial charge in [-0.05, 0) is 0 Å². The van der Waals surface area contributed by atoms with Crippen LogP contribution in [-0.4, -0.2) is 18.2 Å². The van der Waals surface area contributed by atoms with Crippen molar-refractivity contribution < 1.29 is 4.79 Å². The van der Waals surface area contributed by atoms with Crippen molar-refractivity contribution in [1.82, 2.24) is 5.32 Å². The highest BCUT2D eigenvalue weighted by Crippen LogP contribution is 2.15.